The number of esters is 1. The van der Waals surface area contributed by atoms with Crippen molar-refractivity contribution in [3.63, 3.8) is 0 Å². The van der Waals surface area contributed by atoms with Crippen molar-refractivity contribution in [2.75, 3.05) is 36.9 Å². The number of aromatic nitrogens is 4. The van der Waals surface area contributed by atoms with Gasteiger partial charge in [0.15, 0.2) is 16.7 Å². The van der Waals surface area contributed by atoms with E-state index >= 15 is 0 Å². The molecule has 1 aromatic carbocycles. The van der Waals surface area contributed by atoms with E-state index in [2.05, 4.69) is 14.9 Å². The third kappa shape index (κ3) is 3.85. The van der Waals surface area contributed by atoms with Gasteiger partial charge >= 0.3 is 5.97 Å². The van der Waals surface area contributed by atoms with Crippen LogP contribution < -0.4 is 15.4 Å². The molecule has 4 aromatic rings. The number of ether oxygens (including phenoxy) is 2. The summed E-state index contributed by atoms with van der Waals surface area (Å²) in [5.74, 6) is 1.04. The molecule has 0 radical (unpaired) electrons. The van der Waals surface area contributed by atoms with E-state index in [1.165, 1.54) is 11.3 Å². The van der Waals surface area contributed by atoms with E-state index in [0.29, 0.717) is 48.3 Å². The number of hydrogen-bond acceptors (Lipinski definition) is 10. The average molecular weight is 449 g/mol. The second-order valence-electron chi connectivity index (χ2n) is 7.25. The minimum Gasteiger partial charge on any atom is -0.411 e. The maximum absolute atomic E-state index is 12.6. The molecular formula is C22H20N6O3S. The van der Waals surface area contributed by atoms with Crippen molar-refractivity contribution in [2.24, 2.45) is 0 Å². The molecule has 0 unspecified atom stereocenters. The van der Waals surface area contributed by atoms with Crippen LogP contribution in [0.1, 0.15) is 15.9 Å². The molecule has 1 aliphatic rings. The number of nitrogens with zero attached hydrogens (tertiary/aromatic N) is 5. The number of nitrogen functional groups attached to an aromatic ring is 1. The molecule has 0 aliphatic carbocycles. The Morgan fingerprint density at radius 1 is 1.12 bits per heavy atom. The third-order valence-electron chi connectivity index (χ3n) is 5.14. The number of carbonyl (C=O) groups is 1. The summed E-state index contributed by atoms with van der Waals surface area (Å²) in [5, 5.41) is 0.503. The molecule has 10 heteroatoms. The highest BCUT2D eigenvalue weighted by Gasteiger charge is 2.24. The average Bonchev–Trinajstić information content (AvgIpc) is 3.15. The minimum atomic E-state index is -0.409. The monoisotopic (exact) mass is 448 g/mol. The fourth-order valence-electron chi connectivity index (χ4n) is 3.44. The standard InChI is InChI=1S/C22H20N6O3S/c1-13-16-17(32-21(13)31-20(29)14-5-3-2-4-6-14)19(28-7-9-30-10-8-28)27-18(26-16)15-11-24-22(23)25-12-15/h2-6,11-12H,7-10H2,1H3,(H2,23,24,25). The van der Waals surface area contributed by atoms with E-state index in [4.69, 9.17) is 25.2 Å². The Bertz CT molecular complexity index is 1270. The van der Waals surface area contributed by atoms with Crippen LogP contribution in [0.15, 0.2) is 42.7 Å². The van der Waals surface area contributed by atoms with E-state index < -0.39 is 5.97 Å². The largest absolute Gasteiger partial charge is 0.411 e. The summed E-state index contributed by atoms with van der Waals surface area (Å²) < 4.78 is 12.1. The van der Waals surface area contributed by atoms with Crippen LogP contribution in [0.5, 0.6) is 5.06 Å². The van der Waals surface area contributed by atoms with Crippen LogP contribution in [0.4, 0.5) is 11.8 Å². The SMILES string of the molecule is Cc1c(OC(=O)c2ccccc2)sc2c(N3CCOCC3)nc(-c3cnc(N)nc3)nc12. The summed E-state index contributed by atoms with van der Waals surface area (Å²) in [6.07, 6.45) is 3.20. The zero-order chi connectivity index (χ0) is 22.1. The molecule has 9 nitrogen and oxygen atoms in total. The number of morpholine rings is 1. The lowest BCUT2D eigenvalue weighted by Crippen LogP contribution is -2.36. The number of fused-ring (bicyclic) bond motifs is 1. The fourth-order valence-corrected chi connectivity index (χ4v) is 4.55. The first-order valence-corrected chi connectivity index (χ1v) is 10.9. The molecule has 4 heterocycles. The second kappa shape index (κ2) is 8.48. The lowest BCUT2D eigenvalue weighted by molar-refractivity contribution is 0.0739. The van der Waals surface area contributed by atoms with Gasteiger partial charge in [0.05, 0.1) is 34.6 Å². The number of hydrogen-bond donors (Lipinski definition) is 1. The van der Waals surface area contributed by atoms with Crippen molar-refractivity contribution in [3.8, 4) is 16.5 Å². The molecule has 1 saturated heterocycles. The molecule has 5 rings (SSSR count). The Balaban J connectivity index is 1.61. The van der Waals surface area contributed by atoms with Gasteiger partial charge in [0, 0.05) is 31.0 Å². The Labute approximate surface area is 187 Å². The van der Waals surface area contributed by atoms with Crippen molar-refractivity contribution in [1.29, 1.82) is 0 Å². The molecule has 0 amide bonds. The summed E-state index contributed by atoms with van der Waals surface area (Å²) in [4.78, 5) is 32.5. The third-order valence-corrected chi connectivity index (χ3v) is 6.29. The van der Waals surface area contributed by atoms with Gasteiger partial charge in [-0.15, -0.1) is 0 Å². The number of rotatable bonds is 4. The van der Waals surface area contributed by atoms with Gasteiger partial charge in [0.2, 0.25) is 5.95 Å². The van der Waals surface area contributed by atoms with E-state index in [9.17, 15) is 4.79 Å². The maximum atomic E-state index is 12.6. The van der Waals surface area contributed by atoms with Gasteiger partial charge in [-0.3, -0.25) is 0 Å². The molecule has 0 bridgehead atoms. The Morgan fingerprint density at radius 3 is 2.56 bits per heavy atom. The minimum absolute atomic E-state index is 0.185. The molecule has 0 saturated carbocycles. The summed E-state index contributed by atoms with van der Waals surface area (Å²) in [5.41, 5.74) is 8.29. The lowest BCUT2D eigenvalue weighted by atomic mass is 10.2. The quantitative estimate of drug-likeness (QED) is 0.470. The van der Waals surface area contributed by atoms with Gasteiger partial charge in [-0.2, -0.15) is 0 Å². The predicted molar refractivity (Wildman–Crippen MR) is 122 cm³/mol. The first-order valence-electron chi connectivity index (χ1n) is 10.1. The zero-order valence-electron chi connectivity index (χ0n) is 17.3. The molecule has 2 N–H and O–H groups in total. The van der Waals surface area contributed by atoms with Gasteiger partial charge in [-0.1, -0.05) is 29.5 Å². The summed E-state index contributed by atoms with van der Waals surface area (Å²) >= 11 is 1.37. The van der Waals surface area contributed by atoms with Crippen LogP contribution >= 0.6 is 11.3 Å². The van der Waals surface area contributed by atoms with E-state index in [1.54, 1.807) is 36.7 Å². The van der Waals surface area contributed by atoms with Gasteiger partial charge < -0.3 is 20.1 Å². The van der Waals surface area contributed by atoms with E-state index in [0.717, 1.165) is 21.6 Å². The number of aryl methyl sites for hydroxylation is 1. The highest BCUT2D eigenvalue weighted by molar-refractivity contribution is 7.21. The molecule has 162 valence electrons. The lowest BCUT2D eigenvalue weighted by Gasteiger charge is -2.28. The normalized spacial score (nSPS) is 14.0. The van der Waals surface area contributed by atoms with Crippen molar-refractivity contribution >= 4 is 39.3 Å². The molecule has 1 fully saturated rings. The van der Waals surface area contributed by atoms with Crippen LogP contribution in [0.3, 0.4) is 0 Å². The summed E-state index contributed by atoms with van der Waals surface area (Å²) in [6.45, 7) is 4.55. The number of nitrogens with two attached hydrogens (primary N) is 1. The molecule has 32 heavy (non-hydrogen) atoms. The number of anilines is 2. The first-order chi connectivity index (χ1) is 15.6. The second-order valence-corrected chi connectivity index (χ2v) is 8.23. The number of carbonyl (C=O) groups excluding carboxylic acids is 1. The van der Waals surface area contributed by atoms with Crippen molar-refractivity contribution in [3.05, 3.63) is 53.9 Å². The topological polar surface area (TPSA) is 116 Å². The van der Waals surface area contributed by atoms with Gasteiger partial charge in [-0.05, 0) is 19.1 Å². The molecule has 0 atom stereocenters. The molecule has 0 spiro atoms. The number of thiophene rings is 1. The fraction of sp³-hybridized carbons (Fsp3) is 0.227. The first kappa shape index (κ1) is 20.3. The van der Waals surface area contributed by atoms with Crippen molar-refractivity contribution in [2.45, 2.75) is 6.92 Å². The van der Waals surface area contributed by atoms with Gasteiger partial charge in [-0.25, -0.2) is 24.7 Å². The Hall–Kier alpha value is -3.63. The highest BCUT2D eigenvalue weighted by atomic mass is 32.1. The Morgan fingerprint density at radius 2 is 1.84 bits per heavy atom. The smallest absolute Gasteiger partial charge is 0.344 e. The van der Waals surface area contributed by atoms with E-state index in [1.807, 2.05) is 13.0 Å². The molecule has 1 aliphatic heterocycles. The predicted octanol–water partition coefficient (Wildman–Crippen LogP) is 3.09. The van der Waals surface area contributed by atoms with Crippen LogP contribution in [-0.4, -0.2) is 52.2 Å². The maximum Gasteiger partial charge on any atom is 0.344 e. The van der Waals surface area contributed by atoms with Crippen LogP contribution in [0.2, 0.25) is 0 Å². The molecule has 3 aromatic heterocycles. The van der Waals surface area contributed by atoms with E-state index in [-0.39, 0.29) is 5.95 Å². The zero-order valence-corrected chi connectivity index (χ0v) is 18.1. The Kier molecular flexibility index (Phi) is 5.38. The van der Waals surface area contributed by atoms with Crippen LogP contribution in [-0.2, 0) is 4.74 Å². The molecular weight excluding hydrogens is 428 g/mol. The van der Waals surface area contributed by atoms with Crippen molar-refractivity contribution < 1.29 is 14.3 Å². The van der Waals surface area contributed by atoms with Gasteiger partial charge in [0.25, 0.3) is 0 Å². The number of benzene rings is 1. The summed E-state index contributed by atoms with van der Waals surface area (Å²) in [7, 11) is 0. The van der Waals surface area contributed by atoms with Gasteiger partial charge in [0.1, 0.15) is 0 Å². The summed E-state index contributed by atoms with van der Waals surface area (Å²) in [6, 6.07) is 8.91. The van der Waals surface area contributed by atoms with Crippen LogP contribution in [0, 0.1) is 6.92 Å². The van der Waals surface area contributed by atoms with Crippen molar-refractivity contribution in [1.82, 2.24) is 19.9 Å². The van der Waals surface area contributed by atoms with Crippen LogP contribution in [0.25, 0.3) is 21.6 Å². The highest BCUT2D eigenvalue weighted by Crippen LogP contribution is 2.41.